The Balaban J connectivity index is 2.92. The Labute approximate surface area is 99.2 Å². The molecular formula is C12H16F2N2O. The highest BCUT2D eigenvalue weighted by atomic mass is 19.2. The van der Waals surface area contributed by atoms with Gasteiger partial charge in [0.2, 0.25) is 0 Å². The minimum Gasteiger partial charge on any atom is -0.398 e. The highest BCUT2D eigenvalue weighted by molar-refractivity contribution is 5.99. The lowest BCUT2D eigenvalue weighted by atomic mass is 10.1. The molecule has 1 aromatic rings. The van der Waals surface area contributed by atoms with E-state index < -0.39 is 17.5 Å². The van der Waals surface area contributed by atoms with E-state index in [-0.39, 0.29) is 11.3 Å². The van der Waals surface area contributed by atoms with E-state index >= 15 is 0 Å². The number of hydrogen-bond acceptors (Lipinski definition) is 2. The Bertz CT molecular complexity index is 421. The van der Waals surface area contributed by atoms with Gasteiger partial charge in [-0.1, -0.05) is 13.3 Å². The molecule has 0 aliphatic heterocycles. The topological polar surface area (TPSA) is 46.3 Å². The number of halogens is 2. The minimum absolute atomic E-state index is 0.00232. The number of carbonyl (C=O) groups excluding carboxylic acids is 1. The first-order valence-corrected chi connectivity index (χ1v) is 5.47. The summed E-state index contributed by atoms with van der Waals surface area (Å²) in [5.41, 5.74) is 5.46. The van der Waals surface area contributed by atoms with Crippen molar-refractivity contribution in [2.45, 2.75) is 19.8 Å². The molecule has 0 saturated heterocycles. The second kappa shape index (κ2) is 5.61. The number of nitrogens with two attached hydrogens (primary N) is 1. The van der Waals surface area contributed by atoms with Gasteiger partial charge in [-0.15, -0.1) is 0 Å². The van der Waals surface area contributed by atoms with Gasteiger partial charge in [0, 0.05) is 25.3 Å². The van der Waals surface area contributed by atoms with Crippen molar-refractivity contribution in [3.05, 3.63) is 29.3 Å². The van der Waals surface area contributed by atoms with Gasteiger partial charge >= 0.3 is 0 Å². The predicted molar refractivity (Wildman–Crippen MR) is 62.6 cm³/mol. The third-order valence-electron chi connectivity index (χ3n) is 2.52. The van der Waals surface area contributed by atoms with E-state index in [1.807, 2.05) is 6.92 Å². The van der Waals surface area contributed by atoms with Gasteiger partial charge in [-0.3, -0.25) is 4.79 Å². The second-order valence-electron chi connectivity index (χ2n) is 3.93. The van der Waals surface area contributed by atoms with Crippen LogP contribution in [0.25, 0.3) is 0 Å². The molecule has 17 heavy (non-hydrogen) atoms. The summed E-state index contributed by atoms with van der Waals surface area (Å²) in [6, 6.07) is 1.67. The number of rotatable bonds is 4. The fraction of sp³-hybridized carbons (Fsp3) is 0.417. The van der Waals surface area contributed by atoms with Crippen LogP contribution in [0.3, 0.4) is 0 Å². The summed E-state index contributed by atoms with van der Waals surface area (Å²) in [4.78, 5) is 13.3. The van der Waals surface area contributed by atoms with Crippen molar-refractivity contribution in [1.29, 1.82) is 0 Å². The highest BCUT2D eigenvalue weighted by Gasteiger charge is 2.17. The second-order valence-corrected chi connectivity index (χ2v) is 3.93. The molecule has 0 saturated carbocycles. The van der Waals surface area contributed by atoms with Gasteiger partial charge in [-0.2, -0.15) is 0 Å². The van der Waals surface area contributed by atoms with Crippen LogP contribution in [-0.2, 0) is 0 Å². The quantitative estimate of drug-likeness (QED) is 0.824. The summed E-state index contributed by atoms with van der Waals surface area (Å²) >= 11 is 0. The van der Waals surface area contributed by atoms with Gasteiger partial charge in [0.15, 0.2) is 11.6 Å². The van der Waals surface area contributed by atoms with Gasteiger partial charge in [-0.05, 0) is 12.5 Å². The van der Waals surface area contributed by atoms with E-state index in [1.54, 1.807) is 7.05 Å². The zero-order valence-electron chi connectivity index (χ0n) is 9.96. The molecule has 0 unspecified atom stereocenters. The van der Waals surface area contributed by atoms with E-state index in [2.05, 4.69) is 0 Å². The maximum atomic E-state index is 13.0. The zero-order chi connectivity index (χ0) is 13.0. The molecule has 1 amide bonds. The molecule has 3 nitrogen and oxygen atoms in total. The van der Waals surface area contributed by atoms with Crippen molar-refractivity contribution in [3.8, 4) is 0 Å². The summed E-state index contributed by atoms with van der Waals surface area (Å²) in [6.07, 6.45) is 1.80. The van der Waals surface area contributed by atoms with Crippen LogP contribution in [0, 0.1) is 11.6 Å². The average molecular weight is 242 g/mol. The molecule has 0 aromatic heterocycles. The van der Waals surface area contributed by atoms with Crippen molar-refractivity contribution in [3.63, 3.8) is 0 Å². The third kappa shape index (κ3) is 3.15. The SMILES string of the molecule is CCCCN(C)C(=O)c1cc(F)c(F)cc1N. The summed E-state index contributed by atoms with van der Waals surface area (Å²) < 4.78 is 25.9. The van der Waals surface area contributed by atoms with E-state index in [1.165, 1.54) is 4.90 Å². The first kappa shape index (κ1) is 13.4. The largest absolute Gasteiger partial charge is 0.398 e. The van der Waals surface area contributed by atoms with Crippen LogP contribution in [0.1, 0.15) is 30.1 Å². The molecule has 94 valence electrons. The number of amides is 1. The number of carbonyl (C=O) groups is 1. The standard InChI is InChI=1S/C12H16F2N2O/c1-3-4-5-16(2)12(17)8-6-9(13)10(14)7-11(8)15/h6-7H,3-5,15H2,1-2H3. The van der Waals surface area contributed by atoms with Crippen molar-refractivity contribution >= 4 is 11.6 Å². The fourth-order valence-electron chi connectivity index (χ4n) is 1.45. The fourth-order valence-corrected chi connectivity index (χ4v) is 1.45. The highest BCUT2D eigenvalue weighted by Crippen LogP contribution is 2.18. The Kier molecular flexibility index (Phi) is 4.43. The maximum absolute atomic E-state index is 13.0. The molecule has 0 heterocycles. The molecule has 0 spiro atoms. The number of unbranched alkanes of at least 4 members (excludes halogenated alkanes) is 1. The van der Waals surface area contributed by atoms with E-state index in [0.29, 0.717) is 6.54 Å². The number of nitrogen functional groups attached to an aromatic ring is 1. The normalized spacial score (nSPS) is 10.4. The lowest BCUT2D eigenvalue weighted by Crippen LogP contribution is -2.28. The van der Waals surface area contributed by atoms with Crippen molar-refractivity contribution in [2.24, 2.45) is 0 Å². The van der Waals surface area contributed by atoms with Crippen molar-refractivity contribution < 1.29 is 13.6 Å². The van der Waals surface area contributed by atoms with Gasteiger partial charge in [0.1, 0.15) is 0 Å². The van der Waals surface area contributed by atoms with E-state index in [0.717, 1.165) is 25.0 Å². The minimum atomic E-state index is -1.06. The lowest BCUT2D eigenvalue weighted by Gasteiger charge is -2.17. The molecule has 1 rings (SSSR count). The maximum Gasteiger partial charge on any atom is 0.255 e. The molecule has 0 atom stereocenters. The first-order valence-electron chi connectivity index (χ1n) is 5.47. The smallest absolute Gasteiger partial charge is 0.255 e. The lowest BCUT2D eigenvalue weighted by molar-refractivity contribution is 0.0793. The number of nitrogens with zero attached hydrogens (tertiary/aromatic N) is 1. The molecule has 0 fully saturated rings. The summed E-state index contributed by atoms with van der Waals surface area (Å²) in [7, 11) is 1.61. The van der Waals surface area contributed by atoms with E-state index in [4.69, 9.17) is 5.73 Å². The van der Waals surface area contributed by atoms with Gasteiger partial charge in [0.05, 0.1) is 5.56 Å². The van der Waals surface area contributed by atoms with Crippen LogP contribution in [0.5, 0.6) is 0 Å². The molecule has 1 aromatic carbocycles. The Morgan fingerprint density at radius 2 is 1.94 bits per heavy atom. The van der Waals surface area contributed by atoms with Crippen LogP contribution in [-0.4, -0.2) is 24.4 Å². The molecule has 5 heteroatoms. The molecule has 0 aliphatic rings. The molecule has 0 radical (unpaired) electrons. The van der Waals surface area contributed by atoms with E-state index in [9.17, 15) is 13.6 Å². The van der Waals surface area contributed by atoms with Gasteiger partial charge < -0.3 is 10.6 Å². The molecular weight excluding hydrogens is 226 g/mol. The Hall–Kier alpha value is -1.65. The number of hydrogen-bond donors (Lipinski definition) is 1. The van der Waals surface area contributed by atoms with Crippen LogP contribution in [0.4, 0.5) is 14.5 Å². The average Bonchev–Trinajstić information content (AvgIpc) is 2.29. The molecule has 0 bridgehead atoms. The summed E-state index contributed by atoms with van der Waals surface area (Å²) in [5, 5.41) is 0. The van der Waals surface area contributed by atoms with Crippen molar-refractivity contribution in [2.75, 3.05) is 19.3 Å². The van der Waals surface area contributed by atoms with Crippen LogP contribution >= 0.6 is 0 Å². The zero-order valence-corrected chi connectivity index (χ0v) is 9.96. The molecule has 0 aliphatic carbocycles. The number of benzene rings is 1. The summed E-state index contributed by atoms with van der Waals surface area (Å²) in [6.45, 7) is 2.57. The van der Waals surface area contributed by atoms with Crippen LogP contribution < -0.4 is 5.73 Å². The van der Waals surface area contributed by atoms with Gasteiger partial charge in [0.25, 0.3) is 5.91 Å². The Morgan fingerprint density at radius 3 is 2.53 bits per heavy atom. The van der Waals surface area contributed by atoms with Crippen LogP contribution in [0.15, 0.2) is 12.1 Å². The number of anilines is 1. The van der Waals surface area contributed by atoms with Gasteiger partial charge in [-0.25, -0.2) is 8.78 Å². The van der Waals surface area contributed by atoms with Crippen molar-refractivity contribution in [1.82, 2.24) is 4.90 Å². The molecule has 2 N–H and O–H groups in total. The Morgan fingerprint density at radius 1 is 1.35 bits per heavy atom. The monoisotopic (exact) mass is 242 g/mol. The first-order chi connectivity index (χ1) is 7.97. The third-order valence-corrected chi connectivity index (χ3v) is 2.52. The predicted octanol–water partition coefficient (Wildman–Crippen LogP) is 2.42. The van der Waals surface area contributed by atoms with Crippen LogP contribution in [0.2, 0.25) is 0 Å². The summed E-state index contributed by atoms with van der Waals surface area (Å²) in [5.74, 6) is -2.50.